The number of carbonyl (C=O) groups excluding carboxylic acids is 1. The van der Waals surface area contributed by atoms with Crippen molar-refractivity contribution in [1.82, 2.24) is 5.32 Å². The molecule has 0 radical (unpaired) electrons. The number of hydrogen-bond donors (Lipinski definition) is 1. The number of benzene rings is 1. The first kappa shape index (κ1) is 12.7. The fourth-order valence-corrected chi connectivity index (χ4v) is 1.66. The van der Waals surface area contributed by atoms with Crippen LogP contribution in [0.1, 0.15) is 15.9 Å². The van der Waals surface area contributed by atoms with Gasteiger partial charge in [0.1, 0.15) is 0 Å². The normalized spacial score (nSPS) is 13.8. The van der Waals surface area contributed by atoms with Crippen molar-refractivity contribution in [2.75, 3.05) is 20.4 Å². The molecule has 7 heteroatoms. The molecule has 0 aliphatic carbocycles. The zero-order chi connectivity index (χ0) is 13.3. The van der Waals surface area contributed by atoms with Crippen LogP contribution in [-0.2, 0) is 6.18 Å². The molecule has 0 amide bonds. The van der Waals surface area contributed by atoms with Gasteiger partial charge in [-0.05, 0) is 19.2 Å². The summed E-state index contributed by atoms with van der Waals surface area (Å²) in [6.07, 6.45) is -4.61. The summed E-state index contributed by atoms with van der Waals surface area (Å²) in [4.78, 5) is 11.7. The quantitative estimate of drug-likeness (QED) is 0.843. The molecule has 0 bridgehead atoms. The highest BCUT2D eigenvalue weighted by Gasteiger charge is 2.37. The largest absolute Gasteiger partial charge is 0.454 e. The third kappa shape index (κ3) is 2.26. The van der Waals surface area contributed by atoms with E-state index in [-0.39, 0.29) is 24.8 Å². The Hall–Kier alpha value is -1.76. The molecule has 0 unspecified atom stereocenters. The fourth-order valence-electron chi connectivity index (χ4n) is 1.66. The second-order valence-corrected chi connectivity index (χ2v) is 3.70. The van der Waals surface area contributed by atoms with Gasteiger partial charge in [-0.15, -0.1) is 0 Å². The van der Waals surface area contributed by atoms with Crippen LogP contribution in [-0.4, -0.2) is 26.2 Å². The van der Waals surface area contributed by atoms with Gasteiger partial charge in [0.15, 0.2) is 17.3 Å². The lowest BCUT2D eigenvalue weighted by atomic mass is 10.0. The minimum atomic E-state index is -4.61. The number of fused-ring (bicyclic) bond motifs is 1. The van der Waals surface area contributed by atoms with Crippen LogP contribution in [0, 0.1) is 0 Å². The molecule has 1 aliphatic rings. The Morgan fingerprint density at radius 2 is 1.94 bits per heavy atom. The van der Waals surface area contributed by atoms with Crippen molar-refractivity contribution >= 4 is 5.78 Å². The van der Waals surface area contributed by atoms with E-state index in [9.17, 15) is 18.0 Å². The molecule has 1 aromatic carbocycles. The Morgan fingerprint density at radius 3 is 2.50 bits per heavy atom. The van der Waals surface area contributed by atoms with Gasteiger partial charge in [-0.1, -0.05) is 0 Å². The topological polar surface area (TPSA) is 47.6 Å². The summed E-state index contributed by atoms with van der Waals surface area (Å²) in [5.74, 6) is -0.492. The van der Waals surface area contributed by atoms with Gasteiger partial charge < -0.3 is 14.8 Å². The molecule has 1 aromatic rings. The molecular formula is C11H10F3NO3. The number of carbonyl (C=O) groups is 1. The first-order valence-electron chi connectivity index (χ1n) is 5.12. The molecule has 0 saturated heterocycles. The predicted octanol–water partition coefficient (Wildman–Crippen LogP) is 1.84. The van der Waals surface area contributed by atoms with Gasteiger partial charge in [0.25, 0.3) is 0 Å². The summed E-state index contributed by atoms with van der Waals surface area (Å²) in [7, 11) is 1.48. The third-order valence-electron chi connectivity index (χ3n) is 2.46. The zero-order valence-electron chi connectivity index (χ0n) is 9.43. The monoisotopic (exact) mass is 261 g/mol. The molecule has 1 heterocycles. The van der Waals surface area contributed by atoms with Crippen LogP contribution < -0.4 is 14.8 Å². The summed E-state index contributed by atoms with van der Waals surface area (Å²) in [5.41, 5.74) is -1.42. The number of hydrogen-bond acceptors (Lipinski definition) is 4. The van der Waals surface area contributed by atoms with E-state index in [2.05, 4.69) is 5.32 Å². The highest BCUT2D eigenvalue weighted by Crippen LogP contribution is 2.41. The van der Waals surface area contributed by atoms with Crippen molar-refractivity contribution < 1.29 is 27.4 Å². The molecule has 1 aliphatic heterocycles. The van der Waals surface area contributed by atoms with Crippen molar-refractivity contribution in [2.45, 2.75) is 6.18 Å². The predicted molar refractivity (Wildman–Crippen MR) is 55.8 cm³/mol. The smallest absolute Gasteiger partial charge is 0.417 e. The number of alkyl halides is 3. The van der Waals surface area contributed by atoms with Crippen LogP contribution in [0.5, 0.6) is 11.5 Å². The lowest BCUT2D eigenvalue weighted by molar-refractivity contribution is -0.138. The van der Waals surface area contributed by atoms with Crippen LogP contribution >= 0.6 is 0 Å². The van der Waals surface area contributed by atoms with Gasteiger partial charge in [0.2, 0.25) is 6.79 Å². The molecule has 98 valence electrons. The Kier molecular flexibility index (Phi) is 3.16. The van der Waals surface area contributed by atoms with Gasteiger partial charge in [-0.3, -0.25) is 4.79 Å². The Bertz CT molecular complexity index is 485. The van der Waals surface area contributed by atoms with Crippen molar-refractivity contribution in [2.24, 2.45) is 0 Å². The Labute approximate surface area is 101 Å². The maximum Gasteiger partial charge on any atom is 0.417 e. The number of halogens is 3. The average Bonchev–Trinajstić information content (AvgIpc) is 2.73. The number of ketones is 1. The lowest BCUT2D eigenvalue weighted by Gasteiger charge is -2.12. The van der Waals surface area contributed by atoms with E-state index >= 15 is 0 Å². The lowest BCUT2D eigenvalue weighted by Crippen LogP contribution is -2.22. The van der Waals surface area contributed by atoms with E-state index in [0.29, 0.717) is 0 Å². The number of nitrogens with one attached hydrogen (secondary N) is 1. The standard InChI is InChI=1S/C11H10F3NO3/c1-15-4-8(16)6-2-9-10(18-5-17-9)3-7(6)11(12,13)14/h2-3,15H,4-5H2,1H3. The maximum absolute atomic E-state index is 12.8. The SMILES string of the molecule is CNCC(=O)c1cc2c(cc1C(F)(F)F)OCO2. The van der Waals surface area contributed by atoms with Gasteiger partial charge in [-0.2, -0.15) is 13.2 Å². The molecule has 1 N–H and O–H groups in total. The van der Waals surface area contributed by atoms with Crippen molar-refractivity contribution in [1.29, 1.82) is 0 Å². The zero-order valence-corrected chi connectivity index (χ0v) is 9.43. The van der Waals surface area contributed by atoms with Crippen LogP contribution in [0.3, 0.4) is 0 Å². The second kappa shape index (κ2) is 4.49. The van der Waals surface area contributed by atoms with Gasteiger partial charge >= 0.3 is 6.18 Å². The summed E-state index contributed by atoms with van der Waals surface area (Å²) < 4.78 is 48.4. The molecule has 2 rings (SSSR count). The maximum atomic E-state index is 12.8. The molecule has 0 fully saturated rings. The Balaban J connectivity index is 2.52. The minimum absolute atomic E-state index is 0.00309. The third-order valence-corrected chi connectivity index (χ3v) is 2.46. The van der Waals surface area contributed by atoms with Crippen LogP contribution in [0.2, 0.25) is 0 Å². The van der Waals surface area contributed by atoms with Crippen LogP contribution in [0.15, 0.2) is 12.1 Å². The molecule has 0 atom stereocenters. The van der Waals surface area contributed by atoms with E-state index in [1.54, 1.807) is 0 Å². The molecule has 0 saturated carbocycles. The highest BCUT2D eigenvalue weighted by atomic mass is 19.4. The molecule has 0 aromatic heterocycles. The first-order chi connectivity index (χ1) is 8.43. The summed E-state index contributed by atoms with van der Waals surface area (Å²) in [5, 5.41) is 2.52. The number of ether oxygens (including phenoxy) is 2. The van der Waals surface area contributed by atoms with E-state index in [0.717, 1.165) is 12.1 Å². The van der Waals surface area contributed by atoms with E-state index in [1.807, 2.05) is 0 Å². The highest BCUT2D eigenvalue weighted by molar-refractivity contribution is 5.99. The van der Waals surface area contributed by atoms with Gasteiger partial charge in [-0.25, -0.2) is 0 Å². The number of rotatable bonds is 3. The molecule has 18 heavy (non-hydrogen) atoms. The van der Waals surface area contributed by atoms with E-state index in [4.69, 9.17) is 9.47 Å². The van der Waals surface area contributed by atoms with Gasteiger partial charge in [0, 0.05) is 5.56 Å². The fraction of sp³-hybridized carbons (Fsp3) is 0.364. The summed E-state index contributed by atoms with van der Waals surface area (Å²) in [6, 6.07) is 1.87. The summed E-state index contributed by atoms with van der Waals surface area (Å²) >= 11 is 0. The van der Waals surface area contributed by atoms with Gasteiger partial charge in [0.05, 0.1) is 12.1 Å². The molecule has 4 nitrogen and oxygen atoms in total. The average molecular weight is 261 g/mol. The summed E-state index contributed by atoms with van der Waals surface area (Å²) in [6.45, 7) is -0.320. The van der Waals surface area contributed by atoms with E-state index in [1.165, 1.54) is 7.05 Å². The number of likely N-dealkylation sites (N-methyl/N-ethyl adjacent to an activating group) is 1. The Morgan fingerprint density at radius 1 is 1.33 bits per heavy atom. The second-order valence-electron chi connectivity index (χ2n) is 3.70. The molecule has 0 spiro atoms. The minimum Gasteiger partial charge on any atom is -0.454 e. The number of Topliss-reactive ketones (excluding diaryl/α,β-unsaturated/α-hetero) is 1. The first-order valence-corrected chi connectivity index (χ1v) is 5.12. The van der Waals surface area contributed by atoms with Crippen molar-refractivity contribution in [3.8, 4) is 11.5 Å². The van der Waals surface area contributed by atoms with Crippen molar-refractivity contribution in [3.63, 3.8) is 0 Å². The molecular weight excluding hydrogens is 251 g/mol. The van der Waals surface area contributed by atoms with Crippen LogP contribution in [0.4, 0.5) is 13.2 Å². The van der Waals surface area contributed by atoms with E-state index < -0.39 is 23.1 Å². The van der Waals surface area contributed by atoms with Crippen molar-refractivity contribution in [3.05, 3.63) is 23.3 Å². The van der Waals surface area contributed by atoms with Crippen LogP contribution in [0.25, 0.3) is 0 Å².